The average molecular weight is 433 g/mol. The molecule has 2 heterocycles. The van der Waals surface area contributed by atoms with Crippen LogP contribution in [0.1, 0.15) is 30.3 Å². The molecule has 4 rings (SSSR count). The Morgan fingerprint density at radius 3 is 2.81 bits per heavy atom. The van der Waals surface area contributed by atoms with E-state index in [-0.39, 0.29) is 11.9 Å². The van der Waals surface area contributed by atoms with E-state index in [1.165, 1.54) is 0 Å². The molecule has 1 aromatic heterocycles. The summed E-state index contributed by atoms with van der Waals surface area (Å²) in [5, 5.41) is 4.72. The van der Waals surface area contributed by atoms with Gasteiger partial charge >= 0.3 is 0 Å². The van der Waals surface area contributed by atoms with Gasteiger partial charge in [-0.25, -0.2) is 0 Å². The van der Waals surface area contributed by atoms with Crippen molar-refractivity contribution < 1.29 is 9.32 Å². The van der Waals surface area contributed by atoms with Crippen LogP contribution in [0, 0.1) is 0 Å². The predicted octanol–water partition coefficient (Wildman–Crippen LogP) is 5.02. The number of aromatic nitrogens is 2. The summed E-state index contributed by atoms with van der Waals surface area (Å²) in [7, 11) is 0. The Balaban J connectivity index is 1.58. The van der Waals surface area contributed by atoms with E-state index >= 15 is 0 Å². The van der Waals surface area contributed by atoms with E-state index in [2.05, 4.69) is 26.1 Å². The summed E-state index contributed by atoms with van der Waals surface area (Å²) in [5.74, 6) is 1.07. The number of carbonyl (C=O) groups excluding carboxylic acids is 1. The molecule has 1 amide bonds. The van der Waals surface area contributed by atoms with Crippen LogP contribution in [0.3, 0.4) is 0 Å². The second-order valence-electron chi connectivity index (χ2n) is 6.17. The Hall–Kier alpha value is -2.18. The lowest BCUT2D eigenvalue weighted by Crippen LogP contribution is -2.27. The minimum Gasteiger partial charge on any atom is -0.337 e. The fraction of sp³-hybridized carbons (Fsp3) is 0.211. The minimum absolute atomic E-state index is 0.0984. The number of rotatable bonds is 4. The lowest BCUT2D eigenvalue weighted by atomic mass is 10.2. The van der Waals surface area contributed by atoms with Crippen molar-refractivity contribution in [3.05, 3.63) is 69.5 Å². The maximum absolute atomic E-state index is 12.4. The van der Waals surface area contributed by atoms with Gasteiger partial charge in [0, 0.05) is 28.0 Å². The van der Waals surface area contributed by atoms with Gasteiger partial charge in [0.2, 0.25) is 17.6 Å². The summed E-state index contributed by atoms with van der Waals surface area (Å²) in [6, 6.07) is 15.0. The van der Waals surface area contributed by atoms with Crippen LogP contribution in [0.5, 0.6) is 0 Å². The normalized spacial score (nSPS) is 17.1. The maximum Gasteiger partial charge on any atom is 0.249 e. The SMILES string of the molecule is O=C1CCC(c2nc(-c3ccc(Cl)cc3)no2)N1Cc1cccc(Br)c1. The topological polar surface area (TPSA) is 59.2 Å². The van der Waals surface area contributed by atoms with E-state index in [1.54, 1.807) is 17.0 Å². The first-order chi connectivity index (χ1) is 12.6. The van der Waals surface area contributed by atoms with E-state index in [0.717, 1.165) is 15.6 Å². The van der Waals surface area contributed by atoms with Crippen molar-refractivity contribution >= 4 is 33.4 Å². The molecule has 7 heteroatoms. The number of hydrogen-bond donors (Lipinski definition) is 0. The van der Waals surface area contributed by atoms with E-state index < -0.39 is 0 Å². The van der Waals surface area contributed by atoms with Crippen LogP contribution in [0.4, 0.5) is 0 Å². The highest BCUT2D eigenvalue weighted by Crippen LogP contribution is 2.34. The molecule has 1 saturated heterocycles. The first-order valence-corrected chi connectivity index (χ1v) is 9.41. The summed E-state index contributed by atoms with van der Waals surface area (Å²) in [5.41, 5.74) is 1.88. The van der Waals surface area contributed by atoms with Crippen LogP contribution >= 0.6 is 27.5 Å². The van der Waals surface area contributed by atoms with Gasteiger partial charge in [0.05, 0.1) is 0 Å². The van der Waals surface area contributed by atoms with Crippen LogP contribution in [-0.4, -0.2) is 20.9 Å². The van der Waals surface area contributed by atoms with Crippen molar-refractivity contribution in [3.63, 3.8) is 0 Å². The fourth-order valence-electron chi connectivity index (χ4n) is 3.11. The number of hydrogen-bond acceptors (Lipinski definition) is 4. The largest absolute Gasteiger partial charge is 0.337 e. The van der Waals surface area contributed by atoms with Gasteiger partial charge in [-0.2, -0.15) is 4.98 Å². The van der Waals surface area contributed by atoms with Gasteiger partial charge in [-0.1, -0.05) is 44.8 Å². The second-order valence-corrected chi connectivity index (χ2v) is 7.52. The first kappa shape index (κ1) is 17.2. The monoisotopic (exact) mass is 431 g/mol. The molecule has 3 aromatic rings. The number of amides is 1. The Kier molecular flexibility index (Phi) is 4.78. The Labute approximate surface area is 164 Å². The van der Waals surface area contributed by atoms with Crippen molar-refractivity contribution in [3.8, 4) is 11.4 Å². The first-order valence-electron chi connectivity index (χ1n) is 8.23. The summed E-state index contributed by atoms with van der Waals surface area (Å²) < 4.78 is 6.46. The molecule has 1 fully saturated rings. The molecule has 1 atom stereocenters. The fourth-order valence-corrected chi connectivity index (χ4v) is 3.68. The molecule has 1 aliphatic rings. The quantitative estimate of drug-likeness (QED) is 0.581. The molecular formula is C19H15BrClN3O2. The van der Waals surface area contributed by atoms with Gasteiger partial charge in [0.1, 0.15) is 6.04 Å². The summed E-state index contributed by atoms with van der Waals surface area (Å²) >= 11 is 9.39. The summed E-state index contributed by atoms with van der Waals surface area (Å²) in [6.45, 7) is 0.515. The smallest absolute Gasteiger partial charge is 0.249 e. The zero-order valence-electron chi connectivity index (χ0n) is 13.7. The number of likely N-dealkylation sites (tertiary alicyclic amines) is 1. The van der Waals surface area contributed by atoms with Gasteiger partial charge in [0.15, 0.2) is 0 Å². The van der Waals surface area contributed by atoms with Gasteiger partial charge in [-0.3, -0.25) is 4.79 Å². The zero-order chi connectivity index (χ0) is 18.1. The highest BCUT2D eigenvalue weighted by atomic mass is 79.9. The van der Waals surface area contributed by atoms with Crippen molar-refractivity contribution in [1.29, 1.82) is 0 Å². The molecule has 2 aromatic carbocycles. The van der Waals surface area contributed by atoms with Crippen LogP contribution in [-0.2, 0) is 11.3 Å². The average Bonchev–Trinajstić information content (AvgIpc) is 3.24. The van der Waals surface area contributed by atoms with Gasteiger partial charge in [-0.05, 0) is 48.4 Å². The Morgan fingerprint density at radius 2 is 2.04 bits per heavy atom. The highest BCUT2D eigenvalue weighted by molar-refractivity contribution is 9.10. The highest BCUT2D eigenvalue weighted by Gasteiger charge is 2.36. The molecule has 0 bridgehead atoms. The van der Waals surface area contributed by atoms with Gasteiger partial charge in [-0.15, -0.1) is 0 Å². The maximum atomic E-state index is 12.4. The number of benzene rings is 2. The van der Waals surface area contributed by atoms with Crippen LogP contribution < -0.4 is 0 Å². The van der Waals surface area contributed by atoms with Gasteiger partial charge in [0.25, 0.3) is 0 Å². The van der Waals surface area contributed by atoms with Crippen molar-refractivity contribution in [1.82, 2.24) is 15.0 Å². The standard InChI is InChI=1S/C19H15BrClN3O2/c20-14-3-1-2-12(10-14)11-24-16(8-9-17(24)25)19-22-18(23-26-19)13-4-6-15(21)7-5-13/h1-7,10,16H,8-9,11H2. The number of halogens is 2. The van der Waals surface area contributed by atoms with Crippen LogP contribution in [0.25, 0.3) is 11.4 Å². The molecule has 0 saturated carbocycles. The molecule has 0 N–H and O–H groups in total. The van der Waals surface area contributed by atoms with Crippen molar-refractivity contribution in [2.75, 3.05) is 0 Å². The van der Waals surface area contributed by atoms with Crippen molar-refractivity contribution in [2.24, 2.45) is 0 Å². The van der Waals surface area contributed by atoms with E-state index in [1.807, 2.05) is 36.4 Å². The third-order valence-electron chi connectivity index (χ3n) is 4.40. The van der Waals surface area contributed by atoms with Crippen molar-refractivity contribution in [2.45, 2.75) is 25.4 Å². The van der Waals surface area contributed by atoms with Gasteiger partial charge < -0.3 is 9.42 Å². The molecule has 132 valence electrons. The summed E-state index contributed by atoms with van der Waals surface area (Å²) in [4.78, 5) is 18.7. The molecule has 26 heavy (non-hydrogen) atoms. The number of nitrogens with zero attached hydrogens (tertiary/aromatic N) is 3. The second kappa shape index (κ2) is 7.21. The number of carbonyl (C=O) groups is 1. The molecular weight excluding hydrogens is 418 g/mol. The molecule has 1 aliphatic heterocycles. The third kappa shape index (κ3) is 3.52. The Morgan fingerprint density at radius 1 is 1.23 bits per heavy atom. The van der Waals surface area contributed by atoms with E-state index in [0.29, 0.717) is 36.1 Å². The third-order valence-corrected chi connectivity index (χ3v) is 5.14. The minimum atomic E-state index is -0.199. The van der Waals surface area contributed by atoms with E-state index in [4.69, 9.17) is 16.1 Å². The molecule has 0 radical (unpaired) electrons. The Bertz CT molecular complexity index is 942. The molecule has 5 nitrogen and oxygen atoms in total. The summed E-state index contributed by atoms with van der Waals surface area (Å²) in [6.07, 6.45) is 1.16. The molecule has 0 spiro atoms. The van der Waals surface area contributed by atoms with Crippen LogP contribution in [0.15, 0.2) is 57.5 Å². The van der Waals surface area contributed by atoms with E-state index in [9.17, 15) is 4.79 Å². The molecule has 1 unspecified atom stereocenters. The lowest BCUT2D eigenvalue weighted by molar-refractivity contribution is -0.129. The zero-order valence-corrected chi connectivity index (χ0v) is 16.1. The lowest BCUT2D eigenvalue weighted by Gasteiger charge is -2.22. The van der Waals surface area contributed by atoms with Crippen LogP contribution in [0.2, 0.25) is 5.02 Å². The molecule has 0 aliphatic carbocycles. The predicted molar refractivity (Wildman–Crippen MR) is 101 cm³/mol.